The monoisotopic (exact) mass is 220 g/mol. The molecule has 0 saturated carbocycles. The summed E-state index contributed by atoms with van der Waals surface area (Å²) in [5.41, 5.74) is 1.45. The second-order valence-corrected chi connectivity index (χ2v) is 4.75. The molecule has 0 spiro atoms. The third-order valence-electron chi connectivity index (χ3n) is 2.11. The number of aliphatic hydroxyl groups excluding tert-OH is 1. The van der Waals surface area contributed by atoms with E-state index < -0.39 is 6.10 Å². The second-order valence-electron chi connectivity index (χ2n) is 3.43. The third kappa shape index (κ3) is 2.22. The maximum atomic E-state index is 10.0. The van der Waals surface area contributed by atoms with Crippen LogP contribution in [0.1, 0.15) is 27.2 Å². The van der Waals surface area contributed by atoms with Crippen molar-refractivity contribution in [3.63, 3.8) is 0 Å². The fourth-order valence-electron chi connectivity index (χ4n) is 1.29. The van der Waals surface area contributed by atoms with E-state index in [0.29, 0.717) is 5.69 Å². The fraction of sp³-hybridized carbons (Fsp3) is 0.273. The molecule has 0 aliphatic rings. The van der Waals surface area contributed by atoms with E-state index in [9.17, 15) is 5.11 Å². The number of thiophene rings is 1. The quantitative estimate of drug-likeness (QED) is 0.844. The highest BCUT2D eigenvalue weighted by atomic mass is 32.1. The zero-order chi connectivity index (χ0) is 10.8. The van der Waals surface area contributed by atoms with E-state index in [2.05, 4.69) is 9.97 Å². The first kappa shape index (κ1) is 10.3. The van der Waals surface area contributed by atoms with Gasteiger partial charge in [-0.25, -0.2) is 0 Å². The van der Waals surface area contributed by atoms with Gasteiger partial charge in [0.1, 0.15) is 6.10 Å². The summed E-state index contributed by atoms with van der Waals surface area (Å²) in [4.78, 5) is 10.4. The lowest BCUT2D eigenvalue weighted by atomic mass is 10.2. The van der Waals surface area contributed by atoms with Crippen LogP contribution in [-0.4, -0.2) is 15.1 Å². The van der Waals surface area contributed by atoms with Gasteiger partial charge in [0.05, 0.1) is 17.6 Å². The van der Waals surface area contributed by atoms with E-state index in [1.165, 1.54) is 4.88 Å². The maximum Gasteiger partial charge on any atom is 0.132 e. The zero-order valence-corrected chi connectivity index (χ0v) is 9.45. The summed E-state index contributed by atoms with van der Waals surface area (Å²) in [5, 5.41) is 10.0. The average Bonchev–Trinajstić information content (AvgIpc) is 2.65. The second kappa shape index (κ2) is 4.08. The molecule has 2 aromatic heterocycles. The van der Waals surface area contributed by atoms with Crippen LogP contribution in [0.2, 0.25) is 0 Å². The number of nitrogens with zero attached hydrogens (tertiary/aromatic N) is 2. The minimum Gasteiger partial charge on any atom is -0.381 e. The molecule has 0 aromatic carbocycles. The van der Waals surface area contributed by atoms with Gasteiger partial charge in [0.15, 0.2) is 0 Å². The molecule has 0 aliphatic heterocycles. The molecule has 1 atom stereocenters. The van der Waals surface area contributed by atoms with Crippen LogP contribution in [0, 0.1) is 13.8 Å². The smallest absolute Gasteiger partial charge is 0.132 e. The van der Waals surface area contributed by atoms with E-state index in [1.807, 2.05) is 26.0 Å². The van der Waals surface area contributed by atoms with E-state index in [0.717, 1.165) is 10.6 Å². The topological polar surface area (TPSA) is 46.0 Å². The zero-order valence-electron chi connectivity index (χ0n) is 8.64. The van der Waals surface area contributed by atoms with Gasteiger partial charge in [-0.05, 0) is 26.0 Å². The van der Waals surface area contributed by atoms with Gasteiger partial charge in [0.25, 0.3) is 0 Å². The van der Waals surface area contributed by atoms with Crippen LogP contribution < -0.4 is 0 Å². The van der Waals surface area contributed by atoms with Crippen molar-refractivity contribution in [2.24, 2.45) is 0 Å². The Labute approximate surface area is 92.5 Å². The van der Waals surface area contributed by atoms with Crippen LogP contribution in [0.25, 0.3) is 0 Å². The average molecular weight is 220 g/mol. The van der Waals surface area contributed by atoms with Crippen LogP contribution in [-0.2, 0) is 0 Å². The van der Waals surface area contributed by atoms with Crippen molar-refractivity contribution in [1.29, 1.82) is 0 Å². The SMILES string of the molecule is Cc1cnc(C(O)c2ccc(C)s2)cn1. The number of aryl methyl sites for hydroxylation is 2. The minimum atomic E-state index is -0.656. The predicted molar refractivity (Wildman–Crippen MR) is 59.9 cm³/mol. The van der Waals surface area contributed by atoms with Crippen LogP contribution in [0.5, 0.6) is 0 Å². The van der Waals surface area contributed by atoms with Crippen molar-refractivity contribution < 1.29 is 5.11 Å². The standard InChI is InChI=1S/C11H12N2OS/c1-7-5-13-9(6-12-7)11(14)10-4-3-8(2)15-10/h3-6,11,14H,1-2H3. The lowest BCUT2D eigenvalue weighted by Gasteiger charge is -2.06. The summed E-state index contributed by atoms with van der Waals surface area (Å²) >= 11 is 1.58. The van der Waals surface area contributed by atoms with Gasteiger partial charge in [0, 0.05) is 16.0 Å². The summed E-state index contributed by atoms with van der Waals surface area (Å²) in [6, 6.07) is 3.91. The van der Waals surface area contributed by atoms with Gasteiger partial charge in [-0.1, -0.05) is 0 Å². The Morgan fingerprint density at radius 1 is 1.20 bits per heavy atom. The Bertz CT molecular complexity index is 450. The molecular formula is C11H12N2OS. The molecule has 0 radical (unpaired) electrons. The number of rotatable bonds is 2. The molecule has 0 bridgehead atoms. The molecule has 2 heterocycles. The highest BCUT2D eigenvalue weighted by molar-refractivity contribution is 7.12. The molecule has 0 amide bonds. The van der Waals surface area contributed by atoms with Gasteiger partial charge >= 0.3 is 0 Å². The summed E-state index contributed by atoms with van der Waals surface area (Å²) in [7, 11) is 0. The van der Waals surface area contributed by atoms with Crippen molar-refractivity contribution in [3.8, 4) is 0 Å². The van der Waals surface area contributed by atoms with Crippen molar-refractivity contribution in [2.75, 3.05) is 0 Å². The highest BCUT2D eigenvalue weighted by Gasteiger charge is 2.13. The lowest BCUT2D eigenvalue weighted by molar-refractivity contribution is 0.218. The van der Waals surface area contributed by atoms with Gasteiger partial charge < -0.3 is 5.11 Å². The molecule has 0 fully saturated rings. The Balaban J connectivity index is 2.28. The Kier molecular flexibility index (Phi) is 2.79. The van der Waals surface area contributed by atoms with Crippen LogP contribution >= 0.6 is 11.3 Å². The first-order chi connectivity index (χ1) is 7.16. The van der Waals surface area contributed by atoms with Gasteiger partial charge in [-0.2, -0.15) is 0 Å². The summed E-state index contributed by atoms with van der Waals surface area (Å²) in [5.74, 6) is 0. The fourth-order valence-corrected chi connectivity index (χ4v) is 2.17. The first-order valence-electron chi connectivity index (χ1n) is 4.70. The highest BCUT2D eigenvalue weighted by Crippen LogP contribution is 2.26. The lowest BCUT2D eigenvalue weighted by Crippen LogP contribution is -2.01. The molecule has 0 aliphatic carbocycles. The number of aliphatic hydroxyl groups is 1. The number of hydrogen-bond donors (Lipinski definition) is 1. The molecule has 1 unspecified atom stereocenters. The molecule has 2 aromatic rings. The summed E-state index contributed by atoms with van der Waals surface area (Å²) < 4.78 is 0. The number of hydrogen-bond acceptors (Lipinski definition) is 4. The van der Waals surface area contributed by atoms with Crippen molar-refractivity contribution in [1.82, 2.24) is 9.97 Å². The van der Waals surface area contributed by atoms with E-state index in [4.69, 9.17) is 0 Å². The van der Waals surface area contributed by atoms with Gasteiger partial charge in [-0.3, -0.25) is 9.97 Å². The molecule has 0 saturated heterocycles. The van der Waals surface area contributed by atoms with Crippen molar-refractivity contribution in [2.45, 2.75) is 20.0 Å². The molecular weight excluding hydrogens is 208 g/mol. The van der Waals surface area contributed by atoms with Gasteiger partial charge in [-0.15, -0.1) is 11.3 Å². The molecule has 1 N–H and O–H groups in total. The largest absolute Gasteiger partial charge is 0.381 e. The predicted octanol–water partition coefficient (Wildman–Crippen LogP) is 2.24. The van der Waals surface area contributed by atoms with Crippen molar-refractivity contribution >= 4 is 11.3 Å². The third-order valence-corrected chi connectivity index (χ3v) is 3.16. The number of aromatic nitrogens is 2. The first-order valence-corrected chi connectivity index (χ1v) is 5.51. The van der Waals surface area contributed by atoms with Crippen LogP contribution in [0.4, 0.5) is 0 Å². The molecule has 4 heteroatoms. The molecule has 15 heavy (non-hydrogen) atoms. The molecule has 78 valence electrons. The molecule has 2 rings (SSSR count). The van der Waals surface area contributed by atoms with Gasteiger partial charge in [0.2, 0.25) is 0 Å². The Morgan fingerprint density at radius 2 is 2.00 bits per heavy atom. The van der Waals surface area contributed by atoms with E-state index >= 15 is 0 Å². The minimum absolute atomic E-state index is 0.599. The van der Waals surface area contributed by atoms with Crippen LogP contribution in [0.3, 0.4) is 0 Å². The normalized spacial score (nSPS) is 12.7. The Hall–Kier alpha value is -1.26. The summed E-state index contributed by atoms with van der Waals surface area (Å²) in [6.45, 7) is 3.89. The maximum absolute atomic E-state index is 10.0. The van der Waals surface area contributed by atoms with E-state index in [-0.39, 0.29) is 0 Å². The van der Waals surface area contributed by atoms with Crippen molar-refractivity contribution in [3.05, 3.63) is 45.7 Å². The summed E-state index contributed by atoms with van der Waals surface area (Å²) in [6.07, 6.45) is 2.63. The van der Waals surface area contributed by atoms with Crippen LogP contribution in [0.15, 0.2) is 24.5 Å². The van der Waals surface area contributed by atoms with E-state index in [1.54, 1.807) is 23.7 Å². The Morgan fingerprint density at radius 3 is 2.53 bits per heavy atom. The molecule has 3 nitrogen and oxygen atoms in total.